The number of ether oxygens (including phenoxy) is 1. The molecule has 0 bridgehead atoms. The van der Waals surface area contributed by atoms with Crippen LogP contribution in [0.1, 0.15) is 50.6 Å². The van der Waals surface area contributed by atoms with E-state index in [2.05, 4.69) is 0 Å². The molecule has 0 aliphatic heterocycles. The summed E-state index contributed by atoms with van der Waals surface area (Å²) in [5, 5.41) is 10.0. The highest BCUT2D eigenvalue weighted by molar-refractivity contribution is 5.29. The van der Waals surface area contributed by atoms with Gasteiger partial charge in [-0.2, -0.15) is 0 Å². The first-order valence-corrected chi connectivity index (χ1v) is 6.87. The van der Waals surface area contributed by atoms with Crippen molar-refractivity contribution < 1.29 is 9.84 Å². The van der Waals surface area contributed by atoms with Gasteiger partial charge in [-0.3, -0.25) is 0 Å². The van der Waals surface area contributed by atoms with Crippen molar-refractivity contribution in [3.63, 3.8) is 0 Å². The lowest BCUT2D eigenvalue weighted by Crippen LogP contribution is -2.30. The van der Waals surface area contributed by atoms with Gasteiger partial charge in [-0.1, -0.05) is 25.0 Å². The van der Waals surface area contributed by atoms with Crippen LogP contribution < -0.4 is 10.5 Å². The lowest BCUT2D eigenvalue weighted by molar-refractivity contribution is 0.0320. The number of hydrogen-bond acceptors (Lipinski definition) is 3. The van der Waals surface area contributed by atoms with Crippen LogP contribution in [0, 0.1) is 0 Å². The Kier molecular flexibility index (Phi) is 4.61. The molecule has 1 aliphatic rings. The van der Waals surface area contributed by atoms with E-state index in [9.17, 15) is 5.11 Å². The van der Waals surface area contributed by atoms with E-state index in [1.165, 1.54) is 6.42 Å². The Morgan fingerprint density at radius 2 is 1.83 bits per heavy atom. The van der Waals surface area contributed by atoms with Crippen molar-refractivity contribution in [3.8, 4) is 5.75 Å². The largest absolute Gasteiger partial charge is 0.488 e. The van der Waals surface area contributed by atoms with E-state index >= 15 is 0 Å². The van der Waals surface area contributed by atoms with E-state index in [1.807, 2.05) is 31.2 Å². The number of hydrogen-bond donors (Lipinski definition) is 2. The van der Waals surface area contributed by atoms with Crippen LogP contribution in [0.15, 0.2) is 24.3 Å². The zero-order valence-corrected chi connectivity index (χ0v) is 11.0. The normalized spacial score (nSPS) is 26.4. The Labute approximate surface area is 109 Å². The number of rotatable bonds is 3. The molecular weight excluding hydrogens is 226 g/mol. The first kappa shape index (κ1) is 13.4. The van der Waals surface area contributed by atoms with Crippen molar-refractivity contribution in [2.24, 2.45) is 5.73 Å². The van der Waals surface area contributed by atoms with Crippen LogP contribution >= 0.6 is 0 Å². The zero-order chi connectivity index (χ0) is 13.0. The van der Waals surface area contributed by atoms with E-state index in [0.29, 0.717) is 0 Å². The van der Waals surface area contributed by atoms with Gasteiger partial charge >= 0.3 is 0 Å². The fourth-order valence-electron chi connectivity index (χ4n) is 2.42. The van der Waals surface area contributed by atoms with Gasteiger partial charge in [-0.25, -0.2) is 0 Å². The van der Waals surface area contributed by atoms with Crippen LogP contribution in [0.5, 0.6) is 5.75 Å². The fourth-order valence-corrected chi connectivity index (χ4v) is 2.42. The molecule has 0 spiro atoms. The summed E-state index contributed by atoms with van der Waals surface area (Å²) >= 11 is 0. The van der Waals surface area contributed by atoms with Gasteiger partial charge in [0.2, 0.25) is 0 Å². The van der Waals surface area contributed by atoms with E-state index in [1.54, 1.807) is 0 Å². The number of aliphatic hydroxyl groups is 1. The standard InChI is InChI=1S/C15H23NO2/c1-11(16)12-7-9-13(10-8-12)18-15-6-4-2-3-5-14(15)17/h7-11,14-15,17H,2-6,16H2,1H3/t11-,14?,15?/m0/s1. The van der Waals surface area contributed by atoms with Gasteiger partial charge < -0.3 is 15.6 Å². The molecule has 18 heavy (non-hydrogen) atoms. The summed E-state index contributed by atoms with van der Waals surface area (Å²) in [7, 11) is 0. The second-order valence-electron chi connectivity index (χ2n) is 5.22. The minimum Gasteiger partial charge on any atom is -0.488 e. The summed E-state index contributed by atoms with van der Waals surface area (Å²) in [6, 6.07) is 7.90. The summed E-state index contributed by atoms with van der Waals surface area (Å²) in [4.78, 5) is 0. The van der Waals surface area contributed by atoms with Crippen LogP contribution in [0.2, 0.25) is 0 Å². The Hall–Kier alpha value is -1.06. The van der Waals surface area contributed by atoms with E-state index in [-0.39, 0.29) is 18.2 Å². The maximum absolute atomic E-state index is 10.0. The molecule has 3 nitrogen and oxygen atoms in total. The van der Waals surface area contributed by atoms with Crippen LogP contribution in [0.4, 0.5) is 0 Å². The van der Waals surface area contributed by atoms with Gasteiger partial charge in [0.15, 0.2) is 0 Å². The van der Waals surface area contributed by atoms with Crippen molar-refractivity contribution in [2.45, 2.75) is 57.3 Å². The molecule has 1 fully saturated rings. The molecule has 100 valence electrons. The van der Waals surface area contributed by atoms with Gasteiger partial charge in [0.25, 0.3) is 0 Å². The summed E-state index contributed by atoms with van der Waals surface area (Å²) in [5.41, 5.74) is 6.91. The summed E-state index contributed by atoms with van der Waals surface area (Å²) < 4.78 is 5.89. The van der Waals surface area contributed by atoms with Gasteiger partial charge in [-0.05, 0) is 43.9 Å². The average molecular weight is 249 g/mol. The summed E-state index contributed by atoms with van der Waals surface area (Å²) in [5.74, 6) is 0.824. The minimum atomic E-state index is -0.333. The molecule has 0 heterocycles. The molecule has 0 aromatic heterocycles. The fraction of sp³-hybridized carbons (Fsp3) is 0.600. The maximum Gasteiger partial charge on any atom is 0.124 e. The first-order chi connectivity index (χ1) is 8.66. The third-order valence-electron chi connectivity index (χ3n) is 3.61. The Bertz CT molecular complexity index is 361. The molecule has 1 saturated carbocycles. The van der Waals surface area contributed by atoms with E-state index in [0.717, 1.165) is 37.0 Å². The van der Waals surface area contributed by atoms with Crippen LogP contribution in [-0.4, -0.2) is 17.3 Å². The number of benzene rings is 1. The summed E-state index contributed by atoms with van der Waals surface area (Å²) in [6.45, 7) is 1.96. The second-order valence-corrected chi connectivity index (χ2v) is 5.22. The third kappa shape index (κ3) is 3.47. The summed E-state index contributed by atoms with van der Waals surface area (Å²) in [6.07, 6.45) is 4.83. The predicted molar refractivity (Wildman–Crippen MR) is 72.6 cm³/mol. The van der Waals surface area contributed by atoms with Gasteiger partial charge in [0.05, 0.1) is 6.10 Å². The molecule has 0 saturated heterocycles. The van der Waals surface area contributed by atoms with Crippen molar-refractivity contribution in [1.29, 1.82) is 0 Å². The van der Waals surface area contributed by atoms with Crippen molar-refractivity contribution in [2.75, 3.05) is 0 Å². The minimum absolute atomic E-state index is 0.0440. The quantitative estimate of drug-likeness (QED) is 0.810. The molecule has 1 aliphatic carbocycles. The van der Waals surface area contributed by atoms with Gasteiger partial charge in [-0.15, -0.1) is 0 Å². The highest BCUT2D eigenvalue weighted by atomic mass is 16.5. The second kappa shape index (κ2) is 6.21. The van der Waals surface area contributed by atoms with Crippen molar-refractivity contribution in [3.05, 3.63) is 29.8 Å². The van der Waals surface area contributed by atoms with E-state index in [4.69, 9.17) is 10.5 Å². The molecule has 3 N–H and O–H groups in total. The monoisotopic (exact) mass is 249 g/mol. The van der Waals surface area contributed by atoms with Crippen molar-refractivity contribution >= 4 is 0 Å². The zero-order valence-electron chi connectivity index (χ0n) is 11.0. The average Bonchev–Trinajstić information content (AvgIpc) is 2.56. The molecule has 2 unspecified atom stereocenters. The predicted octanol–water partition coefficient (Wildman–Crippen LogP) is 2.78. The van der Waals surface area contributed by atoms with Gasteiger partial charge in [0.1, 0.15) is 11.9 Å². The molecule has 3 atom stereocenters. The Morgan fingerprint density at radius 1 is 1.17 bits per heavy atom. The molecule has 0 radical (unpaired) electrons. The lowest BCUT2D eigenvalue weighted by atomic mass is 10.1. The first-order valence-electron chi connectivity index (χ1n) is 6.87. The molecule has 2 rings (SSSR count). The van der Waals surface area contributed by atoms with Crippen molar-refractivity contribution in [1.82, 2.24) is 0 Å². The Morgan fingerprint density at radius 3 is 2.50 bits per heavy atom. The third-order valence-corrected chi connectivity index (χ3v) is 3.61. The number of aliphatic hydroxyl groups excluding tert-OH is 1. The van der Waals surface area contributed by atoms with Crippen LogP contribution in [0.25, 0.3) is 0 Å². The Balaban J connectivity index is 1.99. The highest BCUT2D eigenvalue weighted by Crippen LogP contribution is 2.24. The molecule has 1 aromatic rings. The molecular formula is C15H23NO2. The molecule has 1 aromatic carbocycles. The van der Waals surface area contributed by atoms with Gasteiger partial charge in [0, 0.05) is 6.04 Å². The smallest absolute Gasteiger partial charge is 0.124 e. The molecule has 3 heteroatoms. The van der Waals surface area contributed by atoms with Crippen LogP contribution in [0.3, 0.4) is 0 Å². The maximum atomic E-state index is 10.0. The SMILES string of the molecule is C[C@H](N)c1ccc(OC2CCCCCC2O)cc1. The van der Waals surface area contributed by atoms with E-state index < -0.39 is 0 Å². The molecule has 0 amide bonds. The topological polar surface area (TPSA) is 55.5 Å². The number of nitrogens with two attached hydrogens (primary N) is 1. The highest BCUT2D eigenvalue weighted by Gasteiger charge is 2.23. The lowest BCUT2D eigenvalue weighted by Gasteiger charge is -2.22. The van der Waals surface area contributed by atoms with Crippen LogP contribution in [-0.2, 0) is 0 Å².